The van der Waals surface area contributed by atoms with Gasteiger partial charge in [-0.05, 0) is 87.5 Å². The minimum atomic E-state index is 0. The Bertz CT molecular complexity index is 642. The van der Waals surface area contributed by atoms with E-state index in [1.165, 1.54) is 50.0 Å². The van der Waals surface area contributed by atoms with Gasteiger partial charge in [0, 0.05) is 5.02 Å². The molecule has 0 N–H and O–H groups in total. The van der Waals surface area contributed by atoms with Crippen molar-refractivity contribution in [3.8, 4) is 5.75 Å². The molecule has 26 heavy (non-hydrogen) atoms. The van der Waals surface area contributed by atoms with Crippen molar-refractivity contribution in [2.24, 2.45) is 0 Å². The molecule has 0 saturated carbocycles. The van der Waals surface area contributed by atoms with Gasteiger partial charge in [-0.3, -0.25) is 0 Å². The lowest BCUT2D eigenvalue weighted by Crippen LogP contribution is -2.20. The van der Waals surface area contributed by atoms with Crippen molar-refractivity contribution in [2.75, 3.05) is 26.2 Å². The van der Waals surface area contributed by atoms with Gasteiger partial charge in [0.15, 0.2) is 0 Å². The zero-order valence-electron chi connectivity index (χ0n) is 15.3. The number of nitrogens with zero attached hydrogens (tertiary/aromatic N) is 1. The Morgan fingerprint density at radius 1 is 0.923 bits per heavy atom. The molecule has 0 unspecified atom stereocenters. The first-order valence-electron chi connectivity index (χ1n) is 9.49. The summed E-state index contributed by atoms with van der Waals surface area (Å²) in [5, 5.41) is 0.799. The summed E-state index contributed by atoms with van der Waals surface area (Å²) in [6.45, 7) is 4.45. The molecule has 0 radical (unpaired) electrons. The Labute approximate surface area is 168 Å². The summed E-state index contributed by atoms with van der Waals surface area (Å²) < 4.78 is 6.06. The fourth-order valence-electron chi connectivity index (χ4n) is 3.49. The van der Waals surface area contributed by atoms with Crippen LogP contribution in [0, 0.1) is 0 Å². The second-order valence-electron chi connectivity index (χ2n) is 6.84. The van der Waals surface area contributed by atoms with E-state index in [0.29, 0.717) is 0 Å². The van der Waals surface area contributed by atoms with Crippen LogP contribution < -0.4 is 4.74 Å². The fourth-order valence-corrected chi connectivity index (χ4v) is 3.68. The molecule has 1 heterocycles. The van der Waals surface area contributed by atoms with E-state index in [0.717, 1.165) is 36.6 Å². The monoisotopic (exact) mass is 393 g/mol. The van der Waals surface area contributed by atoms with Crippen molar-refractivity contribution in [3.63, 3.8) is 0 Å². The summed E-state index contributed by atoms with van der Waals surface area (Å²) in [5.41, 5.74) is 2.61. The smallest absolute Gasteiger partial charge is 0.122 e. The molecular weight excluding hydrogens is 365 g/mol. The molecule has 0 spiro atoms. The normalized spacial score (nSPS) is 14.2. The Balaban J connectivity index is 0.00000243. The van der Waals surface area contributed by atoms with Crippen molar-refractivity contribution in [3.05, 3.63) is 64.7 Å². The third-order valence-electron chi connectivity index (χ3n) is 4.85. The molecule has 3 rings (SSSR count). The van der Waals surface area contributed by atoms with Crippen LogP contribution in [0.5, 0.6) is 5.75 Å². The third-order valence-corrected chi connectivity index (χ3v) is 5.09. The Morgan fingerprint density at radius 2 is 1.69 bits per heavy atom. The summed E-state index contributed by atoms with van der Waals surface area (Å²) >= 11 is 6.20. The summed E-state index contributed by atoms with van der Waals surface area (Å²) in [4.78, 5) is 2.56. The Morgan fingerprint density at radius 3 is 2.46 bits per heavy atom. The second-order valence-corrected chi connectivity index (χ2v) is 7.28. The van der Waals surface area contributed by atoms with Crippen LogP contribution in [-0.2, 0) is 12.8 Å². The van der Waals surface area contributed by atoms with Gasteiger partial charge in [-0.1, -0.05) is 41.9 Å². The van der Waals surface area contributed by atoms with Crippen LogP contribution in [0.25, 0.3) is 0 Å². The van der Waals surface area contributed by atoms with E-state index in [4.69, 9.17) is 16.3 Å². The number of ether oxygens (including phenoxy) is 1. The maximum Gasteiger partial charge on any atom is 0.122 e. The fraction of sp³-hybridized carbons (Fsp3) is 0.455. The predicted octanol–water partition coefficient (Wildman–Crippen LogP) is 5.80. The molecule has 1 aliphatic heterocycles. The summed E-state index contributed by atoms with van der Waals surface area (Å²) in [7, 11) is 0. The van der Waals surface area contributed by atoms with Crippen LogP contribution in [0.1, 0.15) is 36.8 Å². The van der Waals surface area contributed by atoms with E-state index in [9.17, 15) is 0 Å². The van der Waals surface area contributed by atoms with Crippen molar-refractivity contribution in [2.45, 2.75) is 38.5 Å². The highest BCUT2D eigenvalue weighted by molar-refractivity contribution is 6.30. The molecule has 4 heteroatoms. The minimum absolute atomic E-state index is 0. The number of likely N-dealkylation sites (tertiary alicyclic amines) is 1. The van der Waals surface area contributed by atoms with E-state index in [2.05, 4.69) is 41.3 Å². The van der Waals surface area contributed by atoms with Crippen LogP contribution in [0.2, 0.25) is 5.02 Å². The second kappa shape index (κ2) is 11.5. The molecule has 1 saturated heterocycles. The standard InChI is InChI=1S/C22H28ClNO.ClH/c23-21-12-13-22(25-17-7-10-19-8-2-1-3-9-19)20(18-21)11-6-16-24-14-4-5-15-24;/h1-3,8-9,12-13,18H,4-7,10-11,14-17H2;1H. The lowest BCUT2D eigenvalue weighted by atomic mass is 10.1. The summed E-state index contributed by atoms with van der Waals surface area (Å²) in [5.74, 6) is 0.999. The van der Waals surface area contributed by atoms with Gasteiger partial charge in [0.05, 0.1) is 6.61 Å². The summed E-state index contributed by atoms with van der Waals surface area (Å²) in [6.07, 6.45) is 6.99. The first kappa shape index (κ1) is 21.1. The van der Waals surface area contributed by atoms with Gasteiger partial charge in [-0.2, -0.15) is 0 Å². The highest BCUT2D eigenvalue weighted by atomic mass is 35.5. The van der Waals surface area contributed by atoms with E-state index >= 15 is 0 Å². The van der Waals surface area contributed by atoms with Crippen molar-refractivity contribution < 1.29 is 4.74 Å². The Hall–Kier alpha value is -1.22. The lowest BCUT2D eigenvalue weighted by Gasteiger charge is -2.16. The van der Waals surface area contributed by atoms with Gasteiger partial charge < -0.3 is 9.64 Å². The molecule has 0 atom stereocenters. The number of benzene rings is 2. The molecule has 0 bridgehead atoms. The number of hydrogen-bond donors (Lipinski definition) is 0. The topological polar surface area (TPSA) is 12.5 Å². The molecule has 0 aromatic heterocycles. The van der Waals surface area contributed by atoms with Gasteiger partial charge in [0.2, 0.25) is 0 Å². The van der Waals surface area contributed by atoms with Gasteiger partial charge in [0.25, 0.3) is 0 Å². The van der Waals surface area contributed by atoms with Crippen molar-refractivity contribution in [1.29, 1.82) is 0 Å². The number of halogens is 2. The van der Waals surface area contributed by atoms with Gasteiger partial charge in [-0.25, -0.2) is 0 Å². The average Bonchev–Trinajstić information content (AvgIpc) is 3.14. The average molecular weight is 394 g/mol. The molecule has 2 aromatic rings. The molecule has 0 aliphatic carbocycles. The van der Waals surface area contributed by atoms with Gasteiger partial charge in [0.1, 0.15) is 5.75 Å². The number of aryl methyl sites for hydroxylation is 2. The maximum atomic E-state index is 6.20. The van der Waals surface area contributed by atoms with E-state index in [-0.39, 0.29) is 12.4 Å². The van der Waals surface area contributed by atoms with Crippen LogP contribution >= 0.6 is 24.0 Å². The molecule has 2 nitrogen and oxygen atoms in total. The molecule has 2 aromatic carbocycles. The van der Waals surface area contributed by atoms with E-state index in [1.54, 1.807) is 0 Å². The zero-order valence-corrected chi connectivity index (χ0v) is 16.9. The van der Waals surface area contributed by atoms with Crippen LogP contribution in [0.3, 0.4) is 0 Å². The van der Waals surface area contributed by atoms with Crippen LogP contribution in [0.15, 0.2) is 48.5 Å². The third kappa shape index (κ3) is 6.83. The summed E-state index contributed by atoms with van der Waals surface area (Å²) in [6, 6.07) is 16.6. The SMILES string of the molecule is Cl.Clc1ccc(OCCCc2ccccc2)c(CCCN2CCCC2)c1. The highest BCUT2D eigenvalue weighted by Gasteiger charge is 2.11. The van der Waals surface area contributed by atoms with Crippen LogP contribution in [0.4, 0.5) is 0 Å². The molecule has 0 amide bonds. The minimum Gasteiger partial charge on any atom is -0.493 e. The van der Waals surface area contributed by atoms with Crippen LogP contribution in [-0.4, -0.2) is 31.1 Å². The van der Waals surface area contributed by atoms with E-state index < -0.39 is 0 Å². The quantitative estimate of drug-likeness (QED) is 0.498. The largest absolute Gasteiger partial charge is 0.493 e. The molecule has 1 aliphatic rings. The maximum absolute atomic E-state index is 6.20. The van der Waals surface area contributed by atoms with Crippen molar-refractivity contribution >= 4 is 24.0 Å². The lowest BCUT2D eigenvalue weighted by molar-refractivity contribution is 0.305. The first-order chi connectivity index (χ1) is 12.3. The molecular formula is C22H29Cl2NO. The van der Waals surface area contributed by atoms with Gasteiger partial charge in [-0.15, -0.1) is 12.4 Å². The van der Waals surface area contributed by atoms with E-state index in [1.807, 2.05) is 12.1 Å². The molecule has 1 fully saturated rings. The molecule has 142 valence electrons. The number of rotatable bonds is 9. The highest BCUT2D eigenvalue weighted by Crippen LogP contribution is 2.25. The number of hydrogen-bond acceptors (Lipinski definition) is 2. The zero-order chi connectivity index (χ0) is 17.3. The van der Waals surface area contributed by atoms with Crippen molar-refractivity contribution in [1.82, 2.24) is 4.90 Å². The predicted molar refractivity (Wildman–Crippen MR) is 113 cm³/mol. The Kier molecular flexibility index (Phi) is 9.31. The van der Waals surface area contributed by atoms with Gasteiger partial charge >= 0.3 is 0 Å². The first-order valence-corrected chi connectivity index (χ1v) is 9.86.